The van der Waals surface area contributed by atoms with Gasteiger partial charge in [-0.15, -0.1) is 0 Å². The molecule has 35 heavy (non-hydrogen) atoms. The van der Waals surface area contributed by atoms with Crippen LogP contribution >= 0.6 is 0 Å². The quantitative estimate of drug-likeness (QED) is 0.259. The molecule has 0 rings (SSSR count). The molecule has 0 heterocycles. The third-order valence-electron chi connectivity index (χ3n) is 5.01. The average Bonchev–Trinajstić information content (AvgIpc) is 2.69. The van der Waals surface area contributed by atoms with Gasteiger partial charge in [0.25, 0.3) is 0 Å². The van der Waals surface area contributed by atoms with E-state index in [0.29, 0.717) is 0 Å². The Morgan fingerprint density at radius 1 is 0.571 bits per heavy atom. The monoisotopic (exact) mass is 614 g/mol. The van der Waals surface area contributed by atoms with E-state index in [9.17, 15) is 4.80 Å². The van der Waals surface area contributed by atoms with Crippen LogP contribution in [0.1, 0.15) is 7.43 Å². The summed E-state index contributed by atoms with van der Waals surface area (Å²) in [5.74, 6) is 0. The fraction of sp³-hybridized carbons (Fsp3) is 1.00. The molecule has 218 valence electrons. The lowest BCUT2D eigenvalue weighted by atomic mass is 10.9. The molecule has 0 radical (unpaired) electrons. The molecule has 0 unspecified atom stereocenters. The molecular weight excluding hydrogens is 557 g/mol. The summed E-state index contributed by atoms with van der Waals surface area (Å²) in [7, 11) is -1.99. The maximum absolute atomic E-state index is 9.82. The first kappa shape index (κ1) is 43.0. The maximum atomic E-state index is 9.82. The van der Waals surface area contributed by atoms with E-state index in [4.69, 9.17) is 34.8 Å². The summed E-state index contributed by atoms with van der Waals surface area (Å²) in [5, 5.41) is 0. The van der Waals surface area contributed by atoms with Crippen molar-refractivity contribution in [3.05, 3.63) is 0 Å². The molecule has 3 N–H and O–H groups in total. The molecule has 16 heteroatoms. The van der Waals surface area contributed by atoms with Gasteiger partial charge in [0.15, 0.2) is 25.7 Å². The first-order valence-electron chi connectivity index (χ1n) is 11.3. The third-order valence-corrected chi connectivity index (χ3v) is 23.0. The average molecular weight is 615 g/mol. The molecule has 0 aromatic heterocycles. The van der Waals surface area contributed by atoms with Crippen molar-refractivity contribution in [1.82, 2.24) is 0 Å². The summed E-state index contributed by atoms with van der Waals surface area (Å²) < 4.78 is 44.3. The summed E-state index contributed by atoms with van der Waals surface area (Å²) in [6.07, 6.45) is 0. The largest absolute Gasteiger partial charge is 0.499 e. The summed E-state index contributed by atoms with van der Waals surface area (Å²) in [6, 6.07) is 3.45. The molecule has 0 amide bonds. The zero-order valence-electron chi connectivity index (χ0n) is 24.1. The lowest BCUT2D eigenvalue weighted by molar-refractivity contribution is 0.124. The van der Waals surface area contributed by atoms with E-state index >= 15 is 0 Å². The molecule has 0 saturated heterocycles. The van der Waals surface area contributed by atoms with Crippen LogP contribution in [-0.2, 0) is 34.8 Å². The molecule has 0 saturated carbocycles. The predicted octanol–water partition coefficient (Wildman–Crippen LogP) is 3.66. The van der Waals surface area contributed by atoms with Gasteiger partial charge in [-0.25, -0.2) is 0 Å². The van der Waals surface area contributed by atoms with Gasteiger partial charge in [0, 0.05) is 54.7 Å². The van der Waals surface area contributed by atoms with Crippen molar-refractivity contribution >= 4 is 51.8 Å². The molecule has 0 aliphatic rings. The molecule has 0 aromatic carbocycles. The minimum Gasteiger partial charge on any atom is -0.458 e. The number of rotatable bonds is 16. The maximum Gasteiger partial charge on any atom is 0.499 e. The van der Waals surface area contributed by atoms with E-state index in [-0.39, 0.29) is 12.9 Å². The highest BCUT2D eigenvalue weighted by Crippen LogP contribution is 2.25. The van der Waals surface area contributed by atoms with E-state index < -0.39 is 51.8 Å². The highest BCUT2D eigenvalue weighted by Gasteiger charge is 2.42. The van der Waals surface area contributed by atoms with Crippen LogP contribution in [0.25, 0.3) is 0 Å². The highest BCUT2D eigenvalue weighted by atomic mass is 28.4. The minimum atomic E-state index is -2.51. The molecule has 10 nitrogen and oxygen atoms in total. The van der Waals surface area contributed by atoms with Crippen LogP contribution in [-0.4, -0.2) is 105 Å². The Hall–Kier alpha value is 0.901. The molecule has 0 aromatic rings. The highest BCUT2D eigenvalue weighted by molar-refractivity contribution is 6.82. The van der Waals surface area contributed by atoms with Crippen LogP contribution in [0.5, 0.6) is 0 Å². The normalized spacial score (nSPS) is 13.0. The van der Waals surface area contributed by atoms with Gasteiger partial charge in [-0.2, -0.15) is 0 Å². The van der Waals surface area contributed by atoms with E-state index in [1.807, 2.05) is 0 Å². The zero-order chi connectivity index (χ0) is 26.6. The topological polar surface area (TPSA) is 126 Å². The van der Waals surface area contributed by atoms with Gasteiger partial charge in [0.05, 0.1) is 0 Å². The Labute approximate surface area is 223 Å². The van der Waals surface area contributed by atoms with Crippen molar-refractivity contribution in [3.63, 3.8) is 0 Å². The van der Waals surface area contributed by atoms with Gasteiger partial charge in [-0.05, 0) is 64.5 Å². The van der Waals surface area contributed by atoms with Gasteiger partial charge < -0.3 is 45.1 Å². The Morgan fingerprint density at radius 2 is 0.857 bits per heavy atom. The molecule has 0 aliphatic carbocycles. The van der Waals surface area contributed by atoms with Crippen LogP contribution in [0.2, 0.25) is 76.6 Å². The summed E-state index contributed by atoms with van der Waals surface area (Å²) in [5.41, 5.74) is 0. The van der Waals surface area contributed by atoms with Crippen LogP contribution < -0.4 is 0 Å². The van der Waals surface area contributed by atoms with Gasteiger partial charge in [0.2, 0.25) is 0 Å². The number of hydrogen-bond donors (Lipinski definition) is 1. The third kappa shape index (κ3) is 19.6. The van der Waals surface area contributed by atoms with Crippen molar-refractivity contribution in [3.8, 4) is 0 Å². The first-order valence-corrected chi connectivity index (χ1v) is 27.0. The first-order chi connectivity index (χ1) is 14.9. The van der Waals surface area contributed by atoms with Gasteiger partial charge in [0.1, 0.15) is 0 Å². The molecule has 0 atom stereocenters. The second-order valence-electron chi connectivity index (χ2n) is 9.83. The molecular formula is C19H58O10Si6. The van der Waals surface area contributed by atoms with E-state index in [1.165, 1.54) is 0 Å². The van der Waals surface area contributed by atoms with Crippen molar-refractivity contribution in [2.75, 3.05) is 42.7 Å². The van der Waals surface area contributed by atoms with Gasteiger partial charge in [-0.3, -0.25) is 0 Å². The lowest BCUT2D eigenvalue weighted by Gasteiger charge is -2.32. The Kier molecular flexibility index (Phi) is 23.4. The second-order valence-corrected chi connectivity index (χ2v) is 30.8. The van der Waals surface area contributed by atoms with Crippen molar-refractivity contribution in [2.24, 2.45) is 0 Å². The molecule has 0 fully saturated rings. The van der Waals surface area contributed by atoms with Gasteiger partial charge >= 0.3 is 26.2 Å². The van der Waals surface area contributed by atoms with Crippen molar-refractivity contribution in [2.45, 2.75) is 84.0 Å². The smallest absolute Gasteiger partial charge is 0.458 e. The lowest BCUT2D eigenvalue weighted by Crippen LogP contribution is -2.48. The Morgan fingerprint density at radius 3 is 1.09 bits per heavy atom. The summed E-state index contributed by atoms with van der Waals surface area (Å²) in [4.78, 5) is 9.82. The standard InChI is InChI=1S/C9H26O5Si3.C9H26O4Si3.CH4.H2O/c1-11-17(12-2,13-3)9-8-15(4,5)14-16(6,7)10;1-10-16(11-2,12-3)9-8-15(6,7)13-14(4)5;;/h10H,8-9H2,1-7H3;14H,8-9H2,1-7H3;1H4;1H2. The predicted molar refractivity (Wildman–Crippen MR) is 159 cm³/mol. The van der Waals surface area contributed by atoms with Crippen LogP contribution in [0, 0.1) is 0 Å². The summed E-state index contributed by atoms with van der Waals surface area (Å²) in [6.45, 7) is 16.7. The van der Waals surface area contributed by atoms with Crippen molar-refractivity contribution < 1.29 is 45.1 Å². The molecule has 0 spiro atoms. The van der Waals surface area contributed by atoms with Crippen LogP contribution in [0.15, 0.2) is 0 Å². The van der Waals surface area contributed by atoms with Crippen LogP contribution in [0.4, 0.5) is 0 Å². The van der Waals surface area contributed by atoms with E-state index in [1.54, 1.807) is 55.8 Å². The Bertz CT molecular complexity index is 496. The molecule has 0 aliphatic heterocycles. The Balaban J connectivity index is -0.000000260. The van der Waals surface area contributed by atoms with E-state index in [0.717, 1.165) is 24.2 Å². The zero-order valence-corrected chi connectivity index (χ0v) is 30.3. The summed E-state index contributed by atoms with van der Waals surface area (Å²) >= 11 is 0. The van der Waals surface area contributed by atoms with Crippen molar-refractivity contribution in [1.29, 1.82) is 0 Å². The number of hydrogen-bond acceptors (Lipinski definition) is 9. The fourth-order valence-corrected chi connectivity index (χ4v) is 24.3. The second kappa shape index (κ2) is 19.0. The molecule has 0 bridgehead atoms. The van der Waals surface area contributed by atoms with Gasteiger partial charge in [-0.1, -0.05) is 7.43 Å². The van der Waals surface area contributed by atoms with Crippen LogP contribution in [0.3, 0.4) is 0 Å². The SMILES string of the molecule is C.CO[Si](CC[Si](C)(C)O[SiH](C)C)(OC)OC.CO[Si](CC[Si](C)(C)O[Si](C)(C)O)(OC)OC.O. The van der Waals surface area contributed by atoms with E-state index in [2.05, 4.69) is 39.3 Å². The minimum absolute atomic E-state index is 0. The fourth-order valence-electron chi connectivity index (χ4n) is 3.44.